The van der Waals surface area contributed by atoms with Gasteiger partial charge in [-0.3, -0.25) is 0 Å². The van der Waals surface area contributed by atoms with E-state index in [1.54, 1.807) is 0 Å². The average Bonchev–Trinajstić information content (AvgIpc) is 2.84. The molecule has 2 saturated heterocycles. The summed E-state index contributed by atoms with van der Waals surface area (Å²) in [5, 5.41) is 126. The number of hydrogen-bond donors (Lipinski definition) is 13. The van der Waals surface area contributed by atoms with E-state index < -0.39 is 110 Å². The highest BCUT2D eigenvalue weighted by Gasteiger charge is 2.54. The van der Waals surface area contributed by atoms with Gasteiger partial charge in [-0.1, -0.05) is 0 Å². The number of rotatable bonds is 11. The van der Waals surface area contributed by atoms with E-state index in [1.807, 2.05) is 0 Å². The molecule has 2 rings (SSSR count). The first kappa shape index (κ1) is 32.1. The van der Waals surface area contributed by atoms with E-state index in [1.165, 1.54) is 0 Å². The predicted octanol–water partition coefficient (Wildman–Crippen LogP) is -8.34. The SMILES string of the molecule is O=C(O)C(O)C(O)[C@H](O[C@@H]1OC(C(O)O)[C@@H](O[C@@H]2O[C@@H](C(=O)O)[C@@H](O)C(O)C2O)[C@H](O)C1O)C(O)C(=O)O. The molecule has 0 saturated carbocycles. The molecule has 0 bridgehead atoms. The van der Waals surface area contributed by atoms with Gasteiger partial charge in [0.1, 0.15) is 54.9 Å². The maximum Gasteiger partial charge on any atom is 0.335 e. The van der Waals surface area contributed by atoms with E-state index in [2.05, 4.69) is 0 Å². The van der Waals surface area contributed by atoms with Crippen molar-refractivity contribution in [2.24, 2.45) is 0 Å². The standard InChI is InChI=1S/C18H28O20/c19-1-2(20)11(15(31)32)37-17(6(1)24)36-10-4(22)7(25)18(38-12(10)16(33)34)35-9(8(26)14(29)30)3(21)5(23)13(27)28/h1-12,16-26,33-34H,(H,27,28)(H,29,30)(H,31,32)/t1?,2-,3?,4+,5?,6?,7?,8?,9-,10-,11+,12?,17+,18+/m0/s1. The minimum atomic E-state index is -2.76. The molecule has 0 aliphatic carbocycles. The minimum absolute atomic E-state index is 1.81. The summed E-state index contributed by atoms with van der Waals surface area (Å²) in [7, 11) is 0. The lowest BCUT2D eigenvalue weighted by Crippen LogP contribution is -2.67. The summed E-state index contributed by atoms with van der Waals surface area (Å²) in [6.45, 7) is 0. The highest BCUT2D eigenvalue weighted by Crippen LogP contribution is 2.31. The van der Waals surface area contributed by atoms with Crippen LogP contribution in [0.15, 0.2) is 0 Å². The molecule has 0 aromatic rings. The zero-order valence-corrected chi connectivity index (χ0v) is 18.8. The number of aliphatic hydroxyl groups is 10. The Balaban J connectivity index is 2.30. The molecule has 0 spiro atoms. The number of carboxylic acids is 3. The average molecular weight is 564 g/mol. The Hall–Kier alpha value is -2.15. The number of hydrogen-bond acceptors (Lipinski definition) is 17. The van der Waals surface area contributed by atoms with E-state index in [0.29, 0.717) is 0 Å². The molecule has 0 aromatic carbocycles. The molecule has 2 aliphatic heterocycles. The van der Waals surface area contributed by atoms with Crippen LogP contribution >= 0.6 is 0 Å². The molecule has 0 aromatic heterocycles. The molecule has 20 heteroatoms. The first-order valence-electron chi connectivity index (χ1n) is 10.6. The summed E-state index contributed by atoms with van der Waals surface area (Å²) in [6.07, 6.45) is -35.7. The highest BCUT2D eigenvalue weighted by atomic mass is 16.8. The second-order valence-corrected chi connectivity index (χ2v) is 8.36. The van der Waals surface area contributed by atoms with Crippen molar-refractivity contribution in [2.75, 3.05) is 0 Å². The van der Waals surface area contributed by atoms with Gasteiger partial charge in [-0.2, -0.15) is 0 Å². The van der Waals surface area contributed by atoms with Crippen molar-refractivity contribution in [3.63, 3.8) is 0 Å². The van der Waals surface area contributed by atoms with Crippen LogP contribution in [0.5, 0.6) is 0 Å². The highest BCUT2D eigenvalue weighted by molar-refractivity contribution is 5.75. The van der Waals surface area contributed by atoms with E-state index in [9.17, 15) is 65.4 Å². The first-order valence-corrected chi connectivity index (χ1v) is 10.6. The molecule has 7 unspecified atom stereocenters. The van der Waals surface area contributed by atoms with E-state index in [0.717, 1.165) is 0 Å². The van der Waals surface area contributed by atoms with Gasteiger partial charge < -0.3 is 85.3 Å². The van der Waals surface area contributed by atoms with Crippen LogP contribution in [0.4, 0.5) is 0 Å². The summed E-state index contributed by atoms with van der Waals surface area (Å²) in [4.78, 5) is 33.4. The van der Waals surface area contributed by atoms with E-state index in [4.69, 9.17) is 34.3 Å². The second-order valence-electron chi connectivity index (χ2n) is 8.36. The van der Waals surface area contributed by atoms with Gasteiger partial charge in [0.05, 0.1) is 0 Å². The number of carboxylic acid groups (broad SMARTS) is 3. The van der Waals surface area contributed by atoms with Gasteiger partial charge in [-0.05, 0) is 0 Å². The molecule has 2 fully saturated rings. The molecular weight excluding hydrogens is 536 g/mol. The number of carbonyl (C=O) groups is 3. The Bertz CT molecular complexity index is 837. The van der Waals surface area contributed by atoms with Gasteiger partial charge in [-0.15, -0.1) is 0 Å². The van der Waals surface area contributed by atoms with E-state index in [-0.39, 0.29) is 0 Å². The molecule has 0 amide bonds. The fraction of sp³-hybridized carbons (Fsp3) is 0.833. The third-order valence-electron chi connectivity index (χ3n) is 5.75. The van der Waals surface area contributed by atoms with Crippen molar-refractivity contribution in [3.8, 4) is 0 Å². The molecular formula is C18H28O20. The van der Waals surface area contributed by atoms with Gasteiger partial charge >= 0.3 is 17.9 Å². The third-order valence-corrected chi connectivity index (χ3v) is 5.75. The molecule has 2 aliphatic rings. The summed E-state index contributed by atoms with van der Waals surface area (Å²) in [5.41, 5.74) is 0. The minimum Gasteiger partial charge on any atom is -0.479 e. The van der Waals surface area contributed by atoms with Crippen LogP contribution in [0.3, 0.4) is 0 Å². The lowest BCUT2D eigenvalue weighted by atomic mass is 9.96. The van der Waals surface area contributed by atoms with Crippen LogP contribution in [-0.4, -0.2) is 176 Å². The van der Waals surface area contributed by atoms with Gasteiger partial charge in [-0.25, -0.2) is 14.4 Å². The van der Waals surface area contributed by atoms with Gasteiger partial charge in [0, 0.05) is 0 Å². The molecule has 13 N–H and O–H groups in total. The molecule has 38 heavy (non-hydrogen) atoms. The summed E-state index contributed by atoms with van der Waals surface area (Å²) in [5.74, 6) is -5.99. The van der Waals surface area contributed by atoms with Crippen molar-refractivity contribution < 1.29 is 99.7 Å². The lowest BCUT2D eigenvalue weighted by Gasteiger charge is -2.46. The summed E-state index contributed by atoms with van der Waals surface area (Å²) in [6, 6.07) is 0. The van der Waals surface area contributed by atoms with Crippen LogP contribution in [0.25, 0.3) is 0 Å². The Kier molecular flexibility index (Phi) is 10.8. The number of aliphatic hydroxyl groups excluding tert-OH is 9. The Labute approximate surface area is 210 Å². The zero-order valence-electron chi connectivity index (χ0n) is 18.8. The molecule has 20 nitrogen and oxygen atoms in total. The maximum atomic E-state index is 11.3. The summed E-state index contributed by atoms with van der Waals surface area (Å²) < 4.78 is 19.9. The largest absolute Gasteiger partial charge is 0.479 e. The number of ether oxygens (including phenoxy) is 4. The zero-order chi connectivity index (χ0) is 29.2. The van der Waals surface area contributed by atoms with Crippen molar-refractivity contribution in [3.05, 3.63) is 0 Å². The third kappa shape index (κ3) is 6.70. The molecule has 14 atom stereocenters. The normalized spacial score (nSPS) is 39.2. The topological polar surface area (TPSA) is 351 Å². The molecule has 2 heterocycles. The van der Waals surface area contributed by atoms with Gasteiger partial charge in [0.2, 0.25) is 0 Å². The predicted molar refractivity (Wildman–Crippen MR) is 106 cm³/mol. The Morgan fingerprint density at radius 3 is 1.66 bits per heavy atom. The summed E-state index contributed by atoms with van der Waals surface area (Å²) >= 11 is 0. The van der Waals surface area contributed by atoms with Crippen molar-refractivity contribution in [1.82, 2.24) is 0 Å². The Morgan fingerprint density at radius 1 is 0.658 bits per heavy atom. The van der Waals surface area contributed by atoms with Gasteiger partial charge in [0.15, 0.2) is 37.2 Å². The second kappa shape index (κ2) is 12.8. The Morgan fingerprint density at radius 2 is 1.18 bits per heavy atom. The fourth-order valence-electron chi connectivity index (χ4n) is 3.66. The van der Waals surface area contributed by atoms with Crippen molar-refractivity contribution in [1.29, 1.82) is 0 Å². The maximum absolute atomic E-state index is 11.3. The van der Waals surface area contributed by atoms with Crippen LogP contribution in [0.1, 0.15) is 0 Å². The van der Waals surface area contributed by atoms with E-state index >= 15 is 0 Å². The molecule has 0 radical (unpaired) electrons. The monoisotopic (exact) mass is 564 g/mol. The smallest absolute Gasteiger partial charge is 0.335 e. The lowest BCUT2D eigenvalue weighted by molar-refractivity contribution is -0.379. The fourth-order valence-corrected chi connectivity index (χ4v) is 3.66. The van der Waals surface area contributed by atoms with Gasteiger partial charge in [0.25, 0.3) is 0 Å². The first-order chi connectivity index (χ1) is 17.5. The van der Waals surface area contributed by atoms with Crippen LogP contribution in [0, 0.1) is 0 Å². The quantitative estimate of drug-likeness (QED) is 0.104. The van der Waals surface area contributed by atoms with Crippen LogP contribution in [0.2, 0.25) is 0 Å². The van der Waals surface area contributed by atoms with Crippen molar-refractivity contribution in [2.45, 2.75) is 92.1 Å². The van der Waals surface area contributed by atoms with Crippen molar-refractivity contribution >= 4 is 17.9 Å². The number of aliphatic carboxylic acids is 3. The van der Waals surface area contributed by atoms with Crippen LogP contribution in [-0.2, 0) is 33.3 Å². The van der Waals surface area contributed by atoms with Crippen LogP contribution < -0.4 is 0 Å². The molecule has 220 valence electrons.